The molecule has 8 heteroatoms. The van der Waals surface area contributed by atoms with Crippen LogP contribution in [0.5, 0.6) is 0 Å². The van der Waals surface area contributed by atoms with E-state index in [-0.39, 0.29) is 22.2 Å². The number of carbonyl (C=O) groups is 2. The van der Waals surface area contributed by atoms with Gasteiger partial charge in [-0.15, -0.1) is 0 Å². The van der Waals surface area contributed by atoms with E-state index >= 15 is 0 Å². The molecule has 0 aliphatic carbocycles. The fourth-order valence-corrected chi connectivity index (χ4v) is 3.30. The fraction of sp³-hybridized carbons (Fsp3) is 0.263. The predicted molar refractivity (Wildman–Crippen MR) is 105 cm³/mol. The highest BCUT2D eigenvalue weighted by Gasteiger charge is 2.17. The van der Waals surface area contributed by atoms with E-state index < -0.39 is 10.0 Å². The lowest BCUT2D eigenvalue weighted by Crippen LogP contribution is -2.40. The third-order valence-corrected chi connectivity index (χ3v) is 4.77. The van der Waals surface area contributed by atoms with Crippen LogP contribution in [0.4, 0.5) is 11.4 Å². The quantitative estimate of drug-likeness (QED) is 0.731. The Bertz CT molecular complexity index is 928. The van der Waals surface area contributed by atoms with E-state index in [0.717, 1.165) is 0 Å². The Hall–Kier alpha value is -2.87. The van der Waals surface area contributed by atoms with Crippen LogP contribution in [0.15, 0.2) is 53.4 Å². The van der Waals surface area contributed by atoms with Crippen molar-refractivity contribution in [1.82, 2.24) is 5.32 Å². The number of carbonyl (C=O) groups excluding carboxylic acids is 2. The van der Waals surface area contributed by atoms with Crippen LogP contribution in [0.3, 0.4) is 0 Å². The van der Waals surface area contributed by atoms with Gasteiger partial charge >= 0.3 is 0 Å². The van der Waals surface area contributed by atoms with Gasteiger partial charge in [-0.05, 0) is 69.3 Å². The number of nitrogens with one attached hydrogen (secondary N) is 3. The standard InChI is InChI=1S/C19H23N3O4S/c1-13(23)20-15-9-11-17(12-10-15)27(25,26)22-16-7-5-14(6-8-16)18(24)21-19(2,3)4/h5-12,22H,1-4H3,(H,20,23)(H,21,24). The van der Waals surface area contributed by atoms with Crippen LogP contribution in [0.2, 0.25) is 0 Å². The number of hydrogen-bond acceptors (Lipinski definition) is 4. The van der Waals surface area contributed by atoms with E-state index in [1.807, 2.05) is 20.8 Å². The maximum Gasteiger partial charge on any atom is 0.261 e. The Morgan fingerprint density at radius 1 is 0.852 bits per heavy atom. The Morgan fingerprint density at radius 2 is 1.37 bits per heavy atom. The number of hydrogen-bond donors (Lipinski definition) is 3. The highest BCUT2D eigenvalue weighted by Crippen LogP contribution is 2.19. The molecule has 2 amide bonds. The van der Waals surface area contributed by atoms with Gasteiger partial charge in [-0.2, -0.15) is 0 Å². The fourth-order valence-electron chi connectivity index (χ4n) is 2.24. The van der Waals surface area contributed by atoms with Crippen molar-refractivity contribution in [3.05, 3.63) is 54.1 Å². The molecule has 0 bridgehead atoms. The number of amides is 2. The van der Waals surface area contributed by atoms with Gasteiger partial charge in [-0.3, -0.25) is 14.3 Å². The van der Waals surface area contributed by atoms with Crippen LogP contribution in [0.25, 0.3) is 0 Å². The second kappa shape index (κ2) is 7.79. The van der Waals surface area contributed by atoms with Gasteiger partial charge in [0.05, 0.1) is 4.90 Å². The van der Waals surface area contributed by atoms with Gasteiger partial charge in [-0.25, -0.2) is 8.42 Å². The highest BCUT2D eigenvalue weighted by atomic mass is 32.2. The van der Waals surface area contributed by atoms with Crippen LogP contribution in [0.1, 0.15) is 38.1 Å². The Balaban J connectivity index is 2.11. The summed E-state index contributed by atoms with van der Waals surface area (Å²) in [6, 6.07) is 12.0. The van der Waals surface area contributed by atoms with E-state index in [4.69, 9.17) is 0 Å². The van der Waals surface area contributed by atoms with E-state index in [9.17, 15) is 18.0 Å². The summed E-state index contributed by atoms with van der Waals surface area (Å²) in [7, 11) is -3.78. The SMILES string of the molecule is CC(=O)Nc1ccc(S(=O)(=O)Nc2ccc(C(=O)NC(C)(C)C)cc2)cc1. The van der Waals surface area contributed by atoms with Gasteiger partial charge in [0.2, 0.25) is 5.91 Å². The molecule has 0 atom stereocenters. The van der Waals surface area contributed by atoms with Gasteiger partial charge in [-0.1, -0.05) is 0 Å². The van der Waals surface area contributed by atoms with Crippen molar-refractivity contribution < 1.29 is 18.0 Å². The topological polar surface area (TPSA) is 104 Å². The third kappa shape index (κ3) is 6.10. The molecule has 2 aromatic rings. The minimum atomic E-state index is -3.78. The maximum atomic E-state index is 12.5. The molecule has 3 N–H and O–H groups in total. The third-order valence-electron chi connectivity index (χ3n) is 3.37. The molecule has 2 rings (SSSR count). The second-order valence-corrected chi connectivity index (χ2v) is 8.77. The Labute approximate surface area is 159 Å². The number of anilines is 2. The average Bonchev–Trinajstić information content (AvgIpc) is 2.53. The van der Waals surface area contributed by atoms with Gasteiger partial charge < -0.3 is 10.6 Å². The van der Waals surface area contributed by atoms with Crippen LogP contribution < -0.4 is 15.4 Å². The zero-order chi connectivity index (χ0) is 20.2. The Kier molecular flexibility index (Phi) is 5.90. The molecule has 0 fully saturated rings. The van der Waals surface area contributed by atoms with E-state index in [0.29, 0.717) is 16.9 Å². The lowest BCUT2D eigenvalue weighted by atomic mass is 10.1. The summed E-state index contributed by atoms with van der Waals surface area (Å²) >= 11 is 0. The summed E-state index contributed by atoms with van der Waals surface area (Å²) < 4.78 is 27.4. The molecule has 2 aromatic carbocycles. The monoisotopic (exact) mass is 389 g/mol. The Morgan fingerprint density at radius 3 is 1.85 bits per heavy atom. The first-order valence-corrected chi connectivity index (χ1v) is 9.78. The van der Waals surface area contributed by atoms with E-state index in [1.54, 1.807) is 12.1 Å². The first kappa shape index (κ1) is 20.4. The van der Waals surface area contributed by atoms with Gasteiger partial charge in [0.25, 0.3) is 15.9 Å². The predicted octanol–water partition coefficient (Wildman–Crippen LogP) is 2.97. The molecule has 0 aromatic heterocycles. The lowest BCUT2D eigenvalue weighted by molar-refractivity contribution is -0.114. The molecule has 0 radical (unpaired) electrons. The maximum absolute atomic E-state index is 12.5. The number of rotatable bonds is 5. The van der Waals surface area contributed by atoms with E-state index in [2.05, 4.69) is 15.4 Å². The summed E-state index contributed by atoms with van der Waals surface area (Å²) in [6.07, 6.45) is 0. The van der Waals surface area contributed by atoms with Crippen molar-refractivity contribution in [2.45, 2.75) is 38.1 Å². The van der Waals surface area contributed by atoms with Crippen molar-refractivity contribution in [2.75, 3.05) is 10.0 Å². The molecule has 7 nitrogen and oxygen atoms in total. The van der Waals surface area contributed by atoms with Gasteiger partial charge in [0.15, 0.2) is 0 Å². The second-order valence-electron chi connectivity index (χ2n) is 7.09. The molecule has 0 unspecified atom stereocenters. The first-order chi connectivity index (χ1) is 12.5. The summed E-state index contributed by atoms with van der Waals surface area (Å²) in [4.78, 5) is 23.2. The lowest BCUT2D eigenvalue weighted by Gasteiger charge is -2.20. The largest absolute Gasteiger partial charge is 0.347 e. The molecule has 0 saturated heterocycles. The number of sulfonamides is 1. The van der Waals surface area contributed by atoms with Crippen LogP contribution in [0, 0.1) is 0 Å². The molecular formula is C19H23N3O4S. The van der Waals surface area contributed by atoms with Gasteiger partial charge in [0, 0.05) is 29.4 Å². The molecular weight excluding hydrogens is 366 g/mol. The van der Waals surface area contributed by atoms with Crippen molar-refractivity contribution in [1.29, 1.82) is 0 Å². The molecule has 0 spiro atoms. The molecule has 0 aliphatic rings. The minimum Gasteiger partial charge on any atom is -0.347 e. The highest BCUT2D eigenvalue weighted by molar-refractivity contribution is 7.92. The van der Waals surface area contributed by atoms with Crippen LogP contribution in [-0.4, -0.2) is 25.8 Å². The zero-order valence-electron chi connectivity index (χ0n) is 15.7. The van der Waals surface area contributed by atoms with Gasteiger partial charge in [0.1, 0.15) is 0 Å². The zero-order valence-corrected chi connectivity index (χ0v) is 16.5. The van der Waals surface area contributed by atoms with Crippen molar-refractivity contribution >= 4 is 33.2 Å². The van der Waals surface area contributed by atoms with Crippen molar-refractivity contribution in [3.63, 3.8) is 0 Å². The van der Waals surface area contributed by atoms with Crippen LogP contribution >= 0.6 is 0 Å². The average molecular weight is 389 g/mol. The number of benzene rings is 2. The minimum absolute atomic E-state index is 0.0613. The molecule has 0 heterocycles. The summed E-state index contributed by atoms with van der Waals surface area (Å²) in [6.45, 7) is 7.01. The molecule has 144 valence electrons. The summed E-state index contributed by atoms with van der Waals surface area (Å²) in [5.41, 5.74) is 0.928. The summed E-state index contributed by atoms with van der Waals surface area (Å²) in [5.74, 6) is -0.468. The summed E-state index contributed by atoms with van der Waals surface area (Å²) in [5, 5.41) is 5.41. The first-order valence-electron chi connectivity index (χ1n) is 8.29. The van der Waals surface area contributed by atoms with E-state index in [1.165, 1.54) is 43.3 Å². The van der Waals surface area contributed by atoms with Crippen molar-refractivity contribution in [2.24, 2.45) is 0 Å². The normalized spacial score (nSPS) is 11.6. The molecule has 27 heavy (non-hydrogen) atoms. The van der Waals surface area contributed by atoms with Crippen molar-refractivity contribution in [3.8, 4) is 0 Å². The molecule has 0 saturated carbocycles. The smallest absolute Gasteiger partial charge is 0.261 e. The molecule has 0 aliphatic heterocycles. The van der Waals surface area contributed by atoms with Crippen LogP contribution in [-0.2, 0) is 14.8 Å².